The third-order valence-corrected chi connectivity index (χ3v) is 2.35. The average molecular weight is 236 g/mol. The Kier molecular flexibility index (Phi) is 2.95. The normalized spacial score (nSPS) is 10.3. The Morgan fingerprint density at radius 3 is 2.18 bits per heavy atom. The van der Waals surface area contributed by atoms with Crippen LogP contribution in [0.2, 0.25) is 0 Å². The summed E-state index contributed by atoms with van der Waals surface area (Å²) in [6.07, 6.45) is 0.631. The quantitative estimate of drug-likeness (QED) is 0.575. The largest absolute Gasteiger partial charge is 0.298 e. The molecule has 0 bridgehead atoms. The van der Waals surface area contributed by atoms with Gasteiger partial charge in [-0.05, 0) is 11.6 Å². The van der Waals surface area contributed by atoms with E-state index in [2.05, 4.69) is 0 Å². The summed E-state index contributed by atoms with van der Waals surface area (Å²) >= 11 is 0. The Labute approximate surface area is 95.5 Å². The summed E-state index contributed by atoms with van der Waals surface area (Å²) in [7, 11) is 0. The van der Waals surface area contributed by atoms with Crippen LogP contribution in [0.4, 0.5) is 13.2 Å². The van der Waals surface area contributed by atoms with E-state index in [4.69, 9.17) is 0 Å². The van der Waals surface area contributed by atoms with Gasteiger partial charge in [-0.25, -0.2) is 13.2 Å². The van der Waals surface area contributed by atoms with Crippen LogP contribution in [0.25, 0.3) is 11.1 Å². The van der Waals surface area contributed by atoms with Crippen LogP contribution < -0.4 is 0 Å². The zero-order chi connectivity index (χ0) is 12.4. The molecule has 0 fully saturated rings. The van der Waals surface area contributed by atoms with E-state index in [0.29, 0.717) is 23.5 Å². The number of rotatable bonds is 2. The maximum atomic E-state index is 13.4. The molecule has 0 saturated heterocycles. The van der Waals surface area contributed by atoms with Crippen LogP contribution >= 0.6 is 0 Å². The lowest BCUT2D eigenvalue weighted by molar-refractivity contribution is 0.112. The van der Waals surface area contributed by atoms with Crippen molar-refractivity contribution in [2.24, 2.45) is 0 Å². The monoisotopic (exact) mass is 236 g/mol. The molecule has 0 spiro atoms. The zero-order valence-electron chi connectivity index (χ0n) is 8.58. The van der Waals surface area contributed by atoms with Crippen molar-refractivity contribution in [3.63, 3.8) is 0 Å². The van der Waals surface area contributed by atoms with Crippen LogP contribution in [0.1, 0.15) is 10.4 Å². The average Bonchev–Trinajstić information content (AvgIpc) is 2.34. The van der Waals surface area contributed by atoms with E-state index in [1.165, 1.54) is 24.3 Å². The minimum absolute atomic E-state index is 0.167. The fourth-order valence-electron chi connectivity index (χ4n) is 1.51. The maximum absolute atomic E-state index is 13.4. The molecule has 0 saturated carbocycles. The smallest absolute Gasteiger partial charge is 0.166 e. The molecule has 0 radical (unpaired) electrons. The van der Waals surface area contributed by atoms with Gasteiger partial charge < -0.3 is 0 Å². The molecule has 0 aliphatic carbocycles. The Bertz CT molecular complexity index is 562. The Balaban J connectivity index is 2.55. The summed E-state index contributed by atoms with van der Waals surface area (Å²) in [6.45, 7) is 0. The molecule has 1 nitrogen and oxygen atoms in total. The van der Waals surface area contributed by atoms with Crippen molar-refractivity contribution < 1.29 is 18.0 Å². The van der Waals surface area contributed by atoms with Crippen molar-refractivity contribution in [3.8, 4) is 11.1 Å². The fourth-order valence-corrected chi connectivity index (χ4v) is 1.51. The molecular formula is C13H7F3O. The third-order valence-electron chi connectivity index (χ3n) is 2.35. The molecule has 86 valence electrons. The van der Waals surface area contributed by atoms with Crippen LogP contribution in [0.3, 0.4) is 0 Å². The second kappa shape index (κ2) is 4.41. The van der Waals surface area contributed by atoms with Crippen LogP contribution in [0, 0.1) is 17.5 Å². The summed E-state index contributed by atoms with van der Waals surface area (Å²) in [5.74, 6) is -3.19. The molecule has 0 aliphatic rings. The van der Waals surface area contributed by atoms with Crippen molar-refractivity contribution >= 4 is 6.29 Å². The van der Waals surface area contributed by atoms with E-state index in [-0.39, 0.29) is 5.56 Å². The predicted octanol–water partition coefficient (Wildman–Crippen LogP) is 3.58. The van der Waals surface area contributed by atoms with Crippen molar-refractivity contribution in [2.75, 3.05) is 0 Å². The molecule has 0 N–H and O–H groups in total. The SMILES string of the molecule is O=Cc1ccc(-c2cc(F)cc(F)c2F)cc1. The van der Waals surface area contributed by atoms with E-state index < -0.39 is 17.5 Å². The topological polar surface area (TPSA) is 17.1 Å². The highest BCUT2D eigenvalue weighted by molar-refractivity contribution is 5.77. The second-order valence-corrected chi connectivity index (χ2v) is 3.49. The summed E-state index contributed by atoms with van der Waals surface area (Å²) in [5.41, 5.74) is 0.553. The highest BCUT2D eigenvalue weighted by Gasteiger charge is 2.12. The first-order valence-corrected chi connectivity index (χ1v) is 4.82. The fraction of sp³-hybridized carbons (Fsp3) is 0. The van der Waals surface area contributed by atoms with Gasteiger partial charge >= 0.3 is 0 Å². The lowest BCUT2D eigenvalue weighted by atomic mass is 10.0. The van der Waals surface area contributed by atoms with Crippen LogP contribution in [0.5, 0.6) is 0 Å². The Morgan fingerprint density at radius 1 is 0.941 bits per heavy atom. The zero-order valence-corrected chi connectivity index (χ0v) is 8.58. The van der Waals surface area contributed by atoms with E-state index in [9.17, 15) is 18.0 Å². The number of carbonyl (C=O) groups excluding carboxylic acids is 1. The van der Waals surface area contributed by atoms with Crippen molar-refractivity contribution in [1.29, 1.82) is 0 Å². The summed E-state index contributed by atoms with van der Waals surface area (Å²) < 4.78 is 39.4. The van der Waals surface area contributed by atoms with E-state index in [1.807, 2.05) is 0 Å². The highest BCUT2D eigenvalue weighted by Crippen LogP contribution is 2.25. The molecule has 4 heteroatoms. The van der Waals surface area contributed by atoms with Crippen LogP contribution in [-0.4, -0.2) is 6.29 Å². The van der Waals surface area contributed by atoms with E-state index in [1.54, 1.807) is 0 Å². The molecule has 2 rings (SSSR count). The van der Waals surface area contributed by atoms with E-state index >= 15 is 0 Å². The summed E-state index contributed by atoms with van der Waals surface area (Å²) in [6, 6.07) is 7.16. The minimum atomic E-state index is -1.24. The maximum Gasteiger partial charge on any atom is 0.166 e. The number of hydrogen-bond acceptors (Lipinski definition) is 1. The van der Waals surface area contributed by atoms with Crippen LogP contribution in [0.15, 0.2) is 36.4 Å². The number of benzene rings is 2. The molecule has 0 atom stereocenters. The van der Waals surface area contributed by atoms with Gasteiger partial charge in [0.15, 0.2) is 11.6 Å². The molecule has 0 amide bonds. The second-order valence-electron chi connectivity index (χ2n) is 3.49. The molecule has 0 aliphatic heterocycles. The summed E-state index contributed by atoms with van der Waals surface area (Å²) in [4.78, 5) is 10.4. The molecule has 2 aromatic carbocycles. The first-order valence-electron chi connectivity index (χ1n) is 4.82. The number of aldehydes is 1. The number of carbonyl (C=O) groups is 1. The number of halogens is 3. The Hall–Kier alpha value is -2.10. The molecule has 0 aromatic heterocycles. The molecule has 2 aromatic rings. The molecule has 0 unspecified atom stereocenters. The van der Waals surface area contributed by atoms with Gasteiger partial charge in [0.05, 0.1) is 0 Å². The number of hydrogen-bond donors (Lipinski definition) is 0. The first kappa shape index (κ1) is 11.4. The van der Waals surface area contributed by atoms with E-state index in [0.717, 1.165) is 6.07 Å². The standard InChI is InChI=1S/C13H7F3O/c14-10-5-11(13(16)12(15)6-10)9-3-1-8(7-17)2-4-9/h1-7H. The summed E-state index contributed by atoms with van der Waals surface area (Å²) in [5, 5.41) is 0. The lowest BCUT2D eigenvalue weighted by Crippen LogP contribution is -1.92. The predicted molar refractivity (Wildman–Crippen MR) is 57.1 cm³/mol. The van der Waals surface area contributed by atoms with Crippen molar-refractivity contribution in [1.82, 2.24) is 0 Å². The van der Waals surface area contributed by atoms with Gasteiger partial charge in [0.25, 0.3) is 0 Å². The molecule has 0 heterocycles. The van der Waals surface area contributed by atoms with Gasteiger partial charge in [0.1, 0.15) is 12.1 Å². The molecule has 17 heavy (non-hydrogen) atoms. The first-order chi connectivity index (χ1) is 8.11. The van der Waals surface area contributed by atoms with Gasteiger partial charge in [0.2, 0.25) is 0 Å². The third kappa shape index (κ3) is 2.20. The minimum Gasteiger partial charge on any atom is -0.298 e. The van der Waals surface area contributed by atoms with Gasteiger partial charge in [-0.15, -0.1) is 0 Å². The lowest BCUT2D eigenvalue weighted by Gasteiger charge is -2.05. The Morgan fingerprint density at radius 2 is 1.59 bits per heavy atom. The highest BCUT2D eigenvalue weighted by atomic mass is 19.2. The van der Waals surface area contributed by atoms with Crippen molar-refractivity contribution in [3.05, 3.63) is 59.4 Å². The van der Waals surface area contributed by atoms with Crippen LogP contribution in [-0.2, 0) is 0 Å². The van der Waals surface area contributed by atoms with Gasteiger partial charge in [-0.1, -0.05) is 24.3 Å². The van der Waals surface area contributed by atoms with Gasteiger partial charge in [0, 0.05) is 17.2 Å². The van der Waals surface area contributed by atoms with Gasteiger partial charge in [-0.2, -0.15) is 0 Å². The molecular weight excluding hydrogens is 229 g/mol. The van der Waals surface area contributed by atoms with Crippen molar-refractivity contribution in [2.45, 2.75) is 0 Å². The van der Waals surface area contributed by atoms with Gasteiger partial charge in [-0.3, -0.25) is 4.79 Å².